The first-order valence-corrected chi connectivity index (χ1v) is 11.7. The Labute approximate surface area is 274 Å². The van der Waals surface area contributed by atoms with Gasteiger partial charge in [-0.15, -0.1) is 4.31 Å². The number of aliphatic carboxylic acids is 1. The third-order valence-electron chi connectivity index (χ3n) is 5.45. The van der Waals surface area contributed by atoms with Gasteiger partial charge >= 0.3 is 83.3 Å². The van der Waals surface area contributed by atoms with Crippen molar-refractivity contribution in [2.75, 3.05) is 7.05 Å². The Morgan fingerprint density at radius 3 is 1.24 bits per heavy atom. The number of hydrogen-bond donors (Lipinski definition) is 0. The fraction of sp³-hybridized carbons (Fsp3) is 0.500. The first kappa shape index (κ1) is 46.5. The summed E-state index contributed by atoms with van der Waals surface area (Å²) in [6.07, 6.45) is -8.06. The molecule has 0 heterocycles. The molecular weight excluding hydrogens is 802 g/mol. The van der Waals surface area contributed by atoms with E-state index in [1.54, 1.807) is 0 Å². The number of carbonyl (C=O) groups is 1. The van der Waals surface area contributed by atoms with Gasteiger partial charge in [-0.2, -0.15) is 79.0 Å². The average Bonchev–Trinajstić information content (AvgIpc) is 2.92. The minimum Gasteiger partial charge on any atom is -0.542 e. The molecule has 1 rings (SSSR count). The van der Waals surface area contributed by atoms with Crippen LogP contribution in [-0.4, -0.2) is 73.4 Å². The first-order valence-electron chi connectivity index (χ1n) is 10.3. The van der Waals surface area contributed by atoms with Crippen LogP contribution >= 0.6 is 0 Å². The zero-order chi connectivity index (χ0) is 39.0. The van der Waals surface area contributed by atoms with E-state index >= 15 is 0 Å². The van der Waals surface area contributed by atoms with E-state index in [1.807, 2.05) is 0 Å². The van der Waals surface area contributed by atoms with Gasteiger partial charge in [0.15, 0.2) is 28.2 Å². The van der Waals surface area contributed by atoms with Crippen molar-refractivity contribution in [3.63, 3.8) is 0 Å². The van der Waals surface area contributed by atoms with E-state index in [9.17, 15) is 119 Å². The van der Waals surface area contributed by atoms with E-state index < -0.39 is 121 Å². The largest absolute Gasteiger partial charge is 1.00 e. The van der Waals surface area contributed by atoms with Gasteiger partial charge in [0.2, 0.25) is 11.6 Å². The van der Waals surface area contributed by atoms with Gasteiger partial charge in [-0.1, -0.05) is 0 Å². The van der Waals surface area contributed by atoms with Crippen molar-refractivity contribution in [1.29, 1.82) is 0 Å². The molecule has 0 saturated carbocycles. The van der Waals surface area contributed by atoms with Gasteiger partial charge < -0.3 is 14.6 Å². The Balaban J connectivity index is 0.0000230. The van der Waals surface area contributed by atoms with Crippen LogP contribution < -0.4 is 34.7 Å². The van der Waals surface area contributed by atoms with Crippen molar-refractivity contribution in [2.24, 2.45) is 0 Å². The zero-order valence-corrected chi connectivity index (χ0v) is 24.9. The van der Waals surface area contributed by atoms with Crippen LogP contribution in [0.25, 0.3) is 0 Å². The van der Waals surface area contributed by atoms with Gasteiger partial charge in [0.25, 0.3) is 10.0 Å². The molecule has 0 bridgehead atoms. The Hall–Kier alpha value is -2.47. The number of nitrogens with zero attached hydrogens (tertiary/aromatic N) is 1. The first-order chi connectivity index (χ1) is 20.8. The third kappa shape index (κ3) is 6.58. The summed E-state index contributed by atoms with van der Waals surface area (Å²) in [6.45, 7) is 0. The predicted molar refractivity (Wildman–Crippen MR) is 96.1 cm³/mol. The van der Waals surface area contributed by atoms with Gasteiger partial charge in [0.1, 0.15) is 5.97 Å². The van der Waals surface area contributed by atoms with Gasteiger partial charge in [-0.3, -0.25) is 0 Å². The molecule has 0 saturated heterocycles. The van der Waals surface area contributed by atoms with Gasteiger partial charge in [0, 0.05) is 7.05 Å². The number of halogens is 23. The second-order valence-corrected chi connectivity index (χ2v) is 10.3. The molecule has 0 amide bonds. The maximum Gasteiger partial charge on any atom is 1.00 e. The Kier molecular flexibility index (Phi) is 12.6. The second kappa shape index (κ2) is 13.3. The number of hydrogen-bond acceptors (Lipinski definition) is 5. The van der Waals surface area contributed by atoms with E-state index in [0.717, 1.165) is 0 Å². The fourth-order valence-corrected chi connectivity index (χ4v) is 4.06. The number of benzene rings is 1. The second-order valence-electron chi connectivity index (χ2n) is 8.35. The van der Waals surface area contributed by atoms with Crippen molar-refractivity contribution in [3.05, 3.63) is 40.9 Å². The molecule has 1 atom stereocenters. The van der Waals surface area contributed by atoms with Crippen LogP contribution in [-0.2, 0) is 19.6 Å². The van der Waals surface area contributed by atoms with E-state index in [0.29, 0.717) is 0 Å². The van der Waals surface area contributed by atoms with Crippen molar-refractivity contribution < 1.29 is 154 Å². The normalized spacial score (nSPS) is 16.2. The monoisotopic (exact) mass is 805 g/mol. The summed E-state index contributed by atoms with van der Waals surface area (Å²) in [4.78, 5) is 7.71. The number of alkyl halides is 16. The maximum absolute atomic E-state index is 14.9. The number of carboxylic acids is 1. The summed E-state index contributed by atoms with van der Waals surface area (Å²) in [5.74, 6) is -85.6. The van der Waals surface area contributed by atoms with Crippen LogP contribution in [0.2, 0.25) is 0 Å². The van der Waals surface area contributed by atoms with E-state index in [1.165, 1.54) is 0 Å². The minimum absolute atomic E-state index is 0. The Bertz CT molecular complexity index is 1580. The van der Waals surface area contributed by atoms with Crippen LogP contribution in [0.1, 0.15) is 0 Å². The number of rotatable bonds is 12. The standard InChI is InChI=1S/C18H4F23NO5S.Na/c1-42(48(45,46)7-5(22)3(20)2(19)4(21)6(7)23)12(28,10(43)44)47-9(25)8(24)11(26,27)13(29,30)14(31,32)15(33,34)16(35,36)17(37,38)18(39,40)41;/h1H3,(H,43,44);/q;+1/p-1. The SMILES string of the molecule is CN(C(F)(OC(F)=C(F)C(F)(F)C(F)(F)C(F)(F)C(F)(F)C(F)(F)C(F)(F)C(F)(F)F)C(=O)[O-])S(=O)(=O)c1c(F)c(F)c(F)c(F)c1F.[Na+]. The summed E-state index contributed by atoms with van der Waals surface area (Å²) in [6, 6.07) is -4.91. The molecule has 0 spiro atoms. The summed E-state index contributed by atoms with van der Waals surface area (Å²) in [7, 11) is -8.06. The number of likely N-dealkylation sites (N-methyl/N-ethyl adjacent to an activating group) is 1. The average molecular weight is 805 g/mol. The molecule has 31 heteroatoms. The molecule has 0 aliphatic heterocycles. The molecular formula is C18H3F23NNaO5S. The zero-order valence-electron chi connectivity index (χ0n) is 22.1. The number of carbonyl (C=O) groups excluding carboxylic acids is 1. The topological polar surface area (TPSA) is 86.7 Å². The molecule has 49 heavy (non-hydrogen) atoms. The van der Waals surface area contributed by atoms with Crippen LogP contribution in [0.3, 0.4) is 0 Å². The van der Waals surface area contributed by atoms with Crippen LogP contribution in [0.5, 0.6) is 0 Å². The van der Waals surface area contributed by atoms with Gasteiger partial charge in [-0.05, 0) is 0 Å². The van der Waals surface area contributed by atoms with E-state index in [2.05, 4.69) is 4.74 Å². The maximum atomic E-state index is 14.9. The van der Waals surface area contributed by atoms with Crippen molar-refractivity contribution in [2.45, 2.75) is 52.6 Å². The number of sulfonamides is 1. The fourth-order valence-electron chi connectivity index (χ4n) is 2.73. The Morgan fingerprint density at radius 1 is 0.612 bits per heavy atom. The summed E-state index contributed by atoms with van der Waals surface area (Å²) >= 11 is 0. The summed E-state index contributed by atoms with van der Waals surface area (Å²) in [5, 5.41) is 11.1. The Morgan fingerprint density at radius 2 is 0.918 bits per heavy atom. The molecule has 0 fully saturated rings. The summed E-state index contributed by atoms with van der Waals surface area (Å²) in [5.41, 5.74) is 0. The van der Waals surface area contributed by atoms with E-state index in [4.69, 9.17) is 0 Å². The van der Waals surface area contributed by atoms with Crippen LogP contribution in [0.15, 0.2) is 16.7 Å². The molecule has 6 nitrogen and oxygen atoms in total. The van der Waals surface area contributed by atoms with Gasteiger partial charge in [-0.25, -0.2) is 30.4 Å². The molecule has 1 unspecified atom stereocenters. The molecule has 0 N–H and O–H groups in total. The third-order valence-corrected chi connectivity index (χ3v) is 7.28. The molecule has 1 aromatic rings. The number of carboxylic acid groups (broad SMARTS) is 1. The molecule has 0 radical (unpaired) electrons. The molecule has 0 aliphatic rings. The number of ether oxygens (including phenoxy) is 1. The predicted octanol–water partition coefficient (Wildman–Crippen LogP) is 2.88. The van der Waals surface area contributed by atoms with Crippen LogP contribution in [0.4, 0.5) is 101 Å². The van der Waals surface area contributed by atoms with Gasteiger partial charge in [0.05, 0.1) is 0 Å². The molecule has 278 valence electrons. The van der Waals surface area contributed by atoms with E-state index in [-0.39, 0.29) is 29.6 Å². The molecule has 1 aromatic carbocycles. The van der Waals surface area contributed by atoms with Crippen molar-refractivity contribution in [3.8, 4) is 0 Å². The molecule has 0 aromatic heterocycles. The minimum atomic E-state index is -9.09. The quantitative estimate of drug-likeness (QED) is 0.0618. The van der Waals surface area contributed by atoms with Crippen molar-refractivity contribution in [1.82, 2.24) is 4.31 Å². The smallest absolute Gasteiger partial charge is 0.542 e. The number of allylic oxidation sites excluding steroid dienone is 1. The van der Waals surface area contributed by atoms with Crippen LogP contribution in [0, 0.1) is 29.1 Å². The molecule has 0 aliphatic carbocycles. The summed E-state index contributed by atoms with van der Waals surface area (Å²) < 4.78 is 333. The van der Waals surface area contributed by atoms with Crippen molar-refractivity contribution >= 4 is 16.0 Å².